The first-order valence-electron chi connectivity index (χ1n) is 8.95. The molecule has 0 radical (unpaired) electrons. The van der Waals surface area contributed by atoms with Crippen molar-refractivity contribution in [3.63, 3.8) is 0 Å². The molecule has 4 rings (SSSR count). The Morgan fingerprint density at radius 1 is 1.18 bits per heavy atom. The van der Waals surface area contributed by atoms with Gasteiger partial charge in [-0.25, -0.2) is 9.07 Å². The number of halogens is 1. The number of carbonyl (C=O) groups excluding carboxylic acids is 2. The molecule has 1 unspecified atom stereocenters. The number of benzene rings is 2. The SMILES string of the molecule is Cc1ccccc1NC(=O)CC1C(=O)Nc2c(-c3ccc(F)cc3)c(C)nn21. The van der Waals surface area contributed by atoms with E-state index in [4.69, 9.17) is 0 Å². The maximum Gasteiger partial charge on any atom is 0.251 e. The summed E-state index contributed by atoms with van der Waals surface area (Å²) in [4.78, 5) is 25.0. The molecule has 0 fully saturated rings. The van der Waals surface area contributed by atoms with Crippen molar-refractivity contribution in [2.45, 2.75) is 26.3 Å². The number of carbonyl (C=O) groups is 2. The van der Waals surface area contributed by atoms with Crippen molar-refractivity contribution in [2.75, 3.05) is 10.6 Å². The molecule has 142 valence electrons. The first-order chi connectivity index (χ1) is 13.4. The Morgan fingerprint density at radius 3 is 2.61 bits per heavy atom. The number of hydrogen-bond acceptors (Lipinski definition) is 3. The number of anilines is 2. The van der Waals surface area contributed by atoms with Gasteiger partial charge in [0, 0.05) is 11.3 Å². The highest BCUT2D eigenvalue weighted by atomic mass is 19.1. The van der Waals surface area contributed by atoms with Gasteiger partial charge in [-0.1, -0.05) is 30.3 Å². The Hall–Kier alpha value is -3.48. The van der Waals surface area contributed by atoms with E-state index in [1.54, 1.807) is 16.8 Å². The van der Waals surface area contributed by atoms with E-state index >= 15 is 0 Å². The zero-order chi connectivity index (χ0) is 19.8. The average molecular weight is 378 g/mol. The number of amides is 2. The van der Waals surface area contributed by atoms with Crippen LogP contribution < -0.4 is 10.6 Å². The fraction of sp³-hybridized carbons (Fsp3) is 0.190. The Morgan fingerprint density at radius 2 is 1.89 bits per heavy atom. The number of rotatable bonds is 4. The lowest BCUT2D eigenvalue weighted by molar-refractivity contribution is -0.123. The maximum atomic E-state index is 13.2. The minimum atomic E-state index is -0.730. The van der Waals surface area contributed by atoms with E-state index in [0.29, 0.717) is 11.5 Å². The summed E-state index contributed by atoms with van der Waals surface area (Å²) in [6.45, 7) is 3.72. The van der Waals surface area contributed by atoms with Gasteiger partial charge >= 0.3 is 0 Å². The molecule has 0 bridgehead atoms. The molecule has 28 heavy (non-hydrogen) atoms. The van der Waals surface area contributed by atoms with E-state index < -0.39 is 6.04 Å². The zero-order valence-corrected chi connectivity index (χ0v) is 15.5. The van der Waals surface area contributed by atoms with Gasteiger partial charge in [-0.15, -0.1) is 0 Å². The fourth-order valence-corrected chi connectivity index (χ4v) is 3.44. The van der Waals surface area contributed by atoms with Crippen LogP contribution in [0.1, 0.15) is 23.7 Å². The topological polar surface area (TPSA) is 76.0 Å². The summed E-state index contributed by atoms with van der Waals surface area (Å²) in [7, 11) is 0. The summed E-state index contributed by atoms with van der Waals surface area (Å²) in [5.74, 6) is -0.354. The molecule has 0 aliphatic carbocycles. The second-order valence-corrected chi connectivity index (χ2v) is 6.83. The van der Waals surface area contributed by atoms with Crippen LogP contribution in [0.25, 0.3) is 11.1 Å². The minimum absolute atomic E-state index is 0.0306. The lowest BCUT2D eigenvalue weighted by atomic mass is 10.1. The van der Waals surface area contributed by atoms with Gasteiger partial charge in [0.05, 0.1) is 12.1 Å². The molecule has 3 aromatic rings. The van der Waals surface area contributed by atoms with Crippen LogP contribution in [0.15, 0.2) is 48.5 Å². The maximum absolute atomic E-state index is 13.2. The molecule has 1 aromatic heterocycles. The van der Waals surface area contributed by atoms with Crippen molar-refractivity contribution in [1.82, 2.24) is 9.78 Å². The van der Waals surface area contributed by atoms with E-state index in [1.807, 2.05) is 38.1 Å². The predicted octanol–water partition coefficient (Wildman–Crippen LogP) is 3.83. The molecule has 6 nitrogen and oxygen atoms in total. The zero-order valence-electron chi connectivity index (χ0n) is 15.5. The summed E-state index contributed by atoms with van der Waals surface area (Å²) in [6, 6.07) is 12.7. The number of fused-ring (bicyclic) bond motifs is 1. The third-order valence-corrected chi connectivity index (χ3v) is 4.86. The molecular formula is C21H19FN4O2. The number of aromatic nitrogens is 2. The van der Waals surface area contributed by atoms with Crippen molar-refractivity contribution in [2.24, 2.45) is 0 Å². The van der Waals surface area contributed by atoms with E-state index in [2.05, 4.69) is 15.7 Å². The summed E-state index contributed by atoms with van der Waals surface area (Å²) < 4.78 is 14.8. The first kappa shape index (κ1) is 17.9. The Bertz CT molecular complexity index is 1070. The summed E-state index contributed by atoms with van der Waals surface area (Å²) >= 11 is 0. The number of aryl methyl sites for hydroxylation is 2. The average Bonchev–Trinajstić information content (AvgIpc) is 3.12. The van der Waals surface area contributed by atoms with Gasteiger partial charge < -0.3 is 10.6 Å². The normalized spacial score (nSPS) is 15.2. The summed E-state index contributed by atoms with van der Waals surface area (Å²) in [5, 5.41) is 10.1. The number of para-hydroxylation sites is 1. The summed E-state index contributed by atoms with van der Waals surface area (Å²) in [5.41, 5.74) is 3.85. The van der Waals surface area contributed by atoms with Gasteiger partial charge in [-0.2, -0.15) is 5.10 Å². The second-order valence-electron chi connectivity index (χ2n) is 6.83. The third-order valence-electron chi connectivity index (χ3n) is 4.86. The number of nitrogens with one attached hydrogen (secondary N) is 2. The largest absolute Gasteiger partial charge is 0.326 e. The molecule has 7 heteroatoms. The van der Waals surface area contributed by atoms with E-state index in [0.717, 1.165) is 22.4 Å². The molecule has 2 N–H and O–H groups in total. The molecule has 2 aromatic carbocycles. The van der Waals surface area contributed by atoms with Crippen LogP contribution in [0.5, 0.6) is 0 Å². The van der Waals surface area contributed by atoms with Crippen molar-refractivity contribution in [1.29, 1.82) is 0 Å². The second kappa shape index (κ2) is 6.92. The molecule has 2 amide bonds. The van der Waals surface area contributed by atoms with Gasteiger partial charge in [0.25, 0.3) is 5.91 Å². The quantitative estimate of drug-likeness (QED) is 0.724. The lowest BCUT2D eigenvalue weighted by Crippen LogP contribution is -2.24. The van der Waals surface area contributed by atoms with E-state index in [9.17, 15) is 14.0 Å². The van der Waals surface area contributed by atoms with Crippen LogP contribution in [0.4, 0.5) is 15.9 Å². The van der Waals surface area contributed by atoms with E-state index in [-0.39, 0.29) is 24.1 Å². The molecule has 1 aliphatic heterocycles. The predicted molar refractivity (Wildman–Crippen MR) is 104 cm³/mol. The molecule has 1 atom stereocenters. The third kappa shape index (κ3) is 3.15. The minimum Gasteiger partial charge on any atom is -0.326 e. The molecule has 1 aliphatic rings. The highest BCUT2D eigenvalue weighted by molar-refractivity contribution is 6.04. The van der Waals surface area contributed by atoms with Crippen molar-refractivity contribution < 1.29 is 14.0 Å². The lowest BCUT2D eigenvalue weighted by Gasteiger charge is -2.11. The van der Waals surface area contributed by atoms with Gasteiger partial charge in [-0.3, -0.25) is 9.59 Å². The number of hydrogen-bond donors (Lipinski definition) is 2. The van der Waals surface area contributed by atoms with Gasteiger partial charge in [0.1, 0.15) is 17.7 Å². The Labute approximate surface area is 161 Å². The van der Waals surface area contributed by atoms with E-state index in [1.165, 1.54) is 12.1 Å². The molecule has 0 saturated heterocycles. The van der Waals surface area contributed by atoms with Crippen LogP contribution in [0, 0.1) is 19.7 Å². The van der Waals surface area contributed by atoms with Gasteiger partial charge in [-0.05, 0) is 43.2 Å². The van der Waals surface area contributed by atoms with Crippen LogP contribution in [0.2, 0.25) is 0 Å². The molecular weight excluding hydrogens is 359 g/mol. The van der Waals surface area contributed by atoms with Crippen molar-refractivity contribution in [3.05, 3.63) is 65.6 Å². The molecule has 2 heterocycles. The highest BCUT2D eigenvalue weighted by Gasteiger charge is 2.36. The van der Waals surface area contributed by atoms with Gasteiger partial charge in [0.2, 0.25) is 5.91 Å². The monoisotopic (exact) mass is 378 g/mol. The molecule has 0 spiro atoms. The van der Waals surface area contributed by atoms with Crippen LogP contribution >= 0.6 is 0 Å². The summed E-state index contributed by atoms with van der Waals surface area (Å²) in [6.07, 6.45) is -0.0306. The van der Waals surface area contributed by atoms with Crippen LogP contribution in [0.3, 0.4) is 0 Å². The Balaban J connectivity index is 1.59. The fourth-order valence-electron chi connectivity index (χ4n) is 3.44. The Kier molecular flexibility index (Phi) is 4.43. The smallest absolute Gasteiger partial charge is 0.251 e. The molecule has 0 saturated carbocycles. The van der Waals surface area contributed by atoms with Crippen molar-refractivity contribution in [3.8, 4) is 11.1 Å². The standard InChI is InChI=1S/C21H19FN4O2/c1-12-5-3-4-6-16(12)23-18(27)11-17-21(28)24-20-19(13(2)25-26(17)20)14-7-9-15(22)10-8-14/h3-10,17H,11H2,1-2H3,(H,23,27)(H,24,28). The first-order valence-corrected chi connectivity index (χ1v) is 8.95. The van der Waals surface area contributed by atoms with Crippen LogP contribution in [-0.4, -0.2) is 21.6 Å². The number of nitrogens with zero attached hydrogens (tertiary/aromatic N) is 2. The van der Waals surface area contributed by atoms with Crippen LogP contribution in [-0.2, 0) is 9.59 Å². The van der Waals surface area contributed by atoms with Gasteiger partial charge in [0.15, 0.2) is 0 Å². The highest BCUT2D eigenvalue weighted by Crippen LogP contribution is 2.38. The van der Waals surface area contributed by atoms with Crippen molar-refractivity contribution >= 4 is 23.3 Å².